The molecule has 1 heterocycles. The molecule has 0 aliphatic heterocycles. The lowest BCUT2D eigenvalue weighted by atomic mass is 10.2. The van der Waals surface area contributed by atoms with E-state index in [1.165, 1.54) is 12.1 Å². The number of nitrogens with one attached hydrogen (secondary N) is 1. The molecule has 0 aliphatic rings. The van der Waals surface area contributed by atoms with Crippen LogP contribution in [-0.4, -0.2) is 47.1 Å². The van der Waals surface area contributed by atoms with Crippen molar-refractivity contribution in [3.63, 3.8) is 0 Å². The molecule has 1 aromatic heterocycles. The molecule has 0 unspecified atom stereocenters. The number of carbonyl (C=O) groups excluding carboxylic acids is 1. The lowest BCUT2D eigenvalue weighted by Gasteiger charge is -2.30. The molecule has 0 atom stereocenters. The Morgan fingerprint density at radius 2 is 1.75 bits per heavy atom. The lowest BCUT2D eigenvalue weighted by molar-refractivity contribution is 0.0659. The zero-order valence-electron chi connectivity index (χ0n) is 12.3. The SMILES string of the molecule is CC(C)N(CCNC(=O)c1ccc(C(=O)O)o1)C(C)C. The highest BCUT2D eigenvalue weighted by Crippen LogP contribution is 2.08. The molecule has 0 radical (unpaired) electrons. The summed E-state index contributed by atoms with van der Waals surface area (Å²) in [5, 5.41) is 11.4. The Morgan fingerprint density at radius 1 is 1.20 bits per heavy atom. The summed E-state index contributed by atoms with van der Waals surface area (Å²) in [4.78, 5) is 24.7. The highest BCUT2D eigenvalue weighted by molar-refractivity contribution is 5.93. The zero-order chi connectivity index (χ0) is 15.3. The summed E-state index contributed by atoms with van der Waals surface area (Å²) in [5.41, 5.74) is 0. The summed E-state index contributed by atoms with van der Waals surface area (Å²) in [6.45, 7) is 9.63. The van der Waals surface area contributed by atoms with Gasteiger partial charge in [-0.3, -0.25) is 9.69 Å². The minimum atomic E-state index is -1.19. The van der Waals surface area contributed by atoms with E-state index >= 15 is 0 Å². The van der Waals surface area contributed by atoms with Crippen LogP contribution in [0.25, 0.3) is 0 Å². The molecule has 20 heavy (non-hydrogen) atoms. The van der Waals surface area contributed by atoms with Crippen molar-refractivity contribution in [2.45, 2.75) is 39.8 Å². The second-order valence-electron chi connectivity index (χ2n) is 5.15. The summed E-state index contributed by atoms with van der Waals surface area (Å²) in [6.07, 6.45) is 0. The van der Waals surface area contributed by atoms with Gasteiger partial charge in [-0.15, -0.1) is 0 Å². The van der Waals surface area contributed by atoms with Gasteiger partial charge >= 0.3 is 5.97 Å². The summed E-state index contributed by atoms with van der Waals surface area (Å²) in [6, 6.07) is 3.43. The molecule has 1 amide bonds. The molecule has 0 saturated carbocycles. The van der Waals surface area contributed by atoms with Gasteiger partial charge in [-0.1, -0.05) is 0 Å². The monoisotopic (exact) mass is 282 g/mol. The average molecular weight is 282 g/mol. The molecule has 6 nitrogen and oxygen atoms in total. The van der Waals surface area contributed by atoms with Gasteiger partial charge in [-0.2, -0.15) is 0 Å². The molecule has 0 bridgehead atoms. The van der Waals surface area contributed by atoms with Gasteiger partial charge in [-0.05, 0) is 39.8 Å². The standard InChI is InChI=1S/C14H22N2O4/c1-9(2)16(10(3)4)8-7-15-13(17)11-5-6-12(20-11)14(18)19/h5-6,9-10H,7-8H2,1-4H3,(H,15,17)(H,18,19). The van der Waals surface area contributed by atoms with E-state index in [-0.39, 0.29) is 11.5 Å². The lowest BCUT2D eigenvalue weighted by Crippen LogP contribution is -2.42. The number of amides is 1. The van der Waals surface area contributed by atoms with Gasteiger partial charge in [-0.25, -0.2) is 4.79 Å². The predicted molar refractivity (Wildman–Crippen MR) is 75.0 cm³/mol. The van der Waals surface area contributed by atoms with Gasteiger partial charge in [0.2, 0.25) is 5.76 Å². The first-order valence-corrected chi connectivity index (χ1v) is 6.70. The molecule has 0 spiro atoms. The third-order valence-corrected chi connectivity index (χ3v) is 3.02. The molecular formula is C14H22N2O4. The van der Waals surface area contributed by atoms with Gasteiger partial charge in [0.1, 0.15) is 0 Å². The third-order valence-electron chi connectivity index (χ3n) is 3.02. The molecule has 0 fully saturated rings. The Balaban J connectivity index is 2.48. The molecule has 0 aliphatic carbocycles. The van der Waals surface area contributed by atoms with E-state index in [0.29, 0.717) is 18.6 Å². The van der Waals surface area contributed by atoms with Crippen molar-refractivity contribution in [1.82, 2.24) is 10.2 Å². The van der Waals surface area contributed by atoms with E-state index in [0.717, 1.165) is 6.54 Å². The van der Waals surface area contributed by atoms with Gasteiger partial charge in [0.25, 0.3) is 5.91 Å². The van der Waals surface area contributed by atoms with E-state index in [9.17, 15) is 9.59 Å². The topological polar surface area (TPSA) is 82.8 Å². The van der Waals surface area contributed by atoms with Gasteiger partial charge in [0, 0.05) is 25.2 Å². The first-order chi connectivity index (χ1) is 9.32. The minimum absolute atomic E-state index is 0.0167. The van der Waals surface area contributed by atoms with Crippen LogP contribution in [-0.2, 0) is 0 Å². The number of carboxylic acid groups (broad SMARTS) is 1. The fourth-order valence-electron chi connectivity index (χ4n) is 2.07. The van der Waals surface area contributed by atoms with Crippen molar-refractivity contribution >= 4 is 11.9 Å². The van der Waals surface area contributed by atoms with Crippen molar-refractivity contribution in [3.05, 3.63) is 23.7 Å². The number of furan rings is 1. The maximum absolute atomic E-state index is 11.8. The molecule has 1 rings (SSSR count). The highest BCUT2D eigenvalue weighted by Gasteiger charge is 2.16. The van der Waals surface area contributed by atoms with Crippen LogP contribution in [0, 0.1) is 0 Å². The Hall–Kier alpha value is -1.82. The number of rotatable bonds is 7. The molecule has 6 heteroatoms. The Bertz CT molecular complexity index is 457. The maximum atomic E-state index is 11.8. The van der Waals surface area contributed by atoms with Crippen LogP contribution in [0.3, 0.4) is 0 Å². The Morgan fingerprint density at radius 3 is 2.20 bits per heavy atom. The zero-order valence-corrected chi connectivity index (χ0v) is 12.3. The second kappa shape index (κ2) is 7.09. The van der Waals surface area contributed by atoms with Gasteiger partial charge < -0.3 is 14.8 Å². The molecule has 0 aromatic carbocycles. The number of nitrogens with zero attached hydrogens (tertiary/aromatic N) is 1. The number of hydrogen-bond donors (Lipinski definition) is 2. The van der Waals surface area contributed by atoms with Crippen molar-refractivity contribution in [1.29, 1.82) is 0 Å². The van der Waals surface area contributed by atoms with Crippen molar-refractivity contribution in [3.8, 4) is 0 Å². The minimum Gasteiger partial charge on any atom is -0.475 e. The molecule has 2 N–H and O–H groups in total. The number of aromatic carboxylic acids is 1. The van der Waals surface area contributed by atoms with E-state index in [1.54, 1.807) is 0 Å². The quantitative estimate of drug-likeness (QED) is 0.797. The number of carbonyl (C=O) groups is 2. The van der Waals surface area contributed by atoms with Crippen LogP contribution in [0.4, 0.5) is 0 Å². The largest absolute Gasteiger partial charge is 0.475 e. The highest BCUT2D eigenvalue weighted by atomic mass is 16.4. The second-order valence-corrected chi connectivity index (χ2v) is 5.15. The van der Waals surface area contributed by atoms with Crippen molar-refractivity contribution < 1.29 is 19.1 Å². The van der Waals surface area contributed by atoms with Crippen LogP contribution in [0.15, 0.2) is 16.5 Å². The van der Waals surface area contributed by atoms with E-state index in [4.69, 9.17) is 9.52 Å². The smallest absolute Gasteiger partial charge is 0.371 e. The summed E-state index contributed by atoms with van der Waals surface area (Å²) in [7, 11) is 0. The number of carboxylic acids is 1. The fourth-order valence-corrected chi connectivity index (χ4v) is 2.07. The normalized spacial score (nSPS) is 11.3. The van der Waals surface area contributed by atoms with Gasteiger partial charge in [0.15, 0.2) is 5.76 Å². The maximum Gasteiger partial charge on any atom is 0.371 e. The first kappa shape index (κ1) is 16.2. The first-order valence-electron chi connectivity index (χ1n) is 6.70. The molecular weight excluding hydrogens is 260 g/mol. The predicted octanol–water partition coefficient (Wildman–Crippen LogP) is 1.83. The Kier molecular flexibility index (Phi) is 5.76. The third kappa shape index (κ3) is 4.38. The summed E-state index contributed by atoms with van der Waals surface area (Å²) < 4.78 is 4.93. The molecule has 112 valence electrons. The van der Waals surface area contributed by atoms with Crippen LogP contribution in [0.2, 0.25) is 0 Å². The Labute approximate surface area is 118 Å². The molecule has 1 aromatic rings. The van der Waals surface area contributed by atoms with Crippen LogP contribution in [0.1, 0.15) is 48.8 Å². The van der Waals surface area contributed by atoms with Crippen LogP contribution < -0.4 is 5.32 Å². The van der Waals surface area contributed by atoms with Crippen LogP contribution >= 0.6 is 0 Å². The van der Waals surface area contributed by atoms with E-state index in [2.05, 4.69) is 37.9 Å². The van der Waals surface area contributed by atoms with Gasteiger partial charge in [0.05, 0.1) is 0 Å². The van der Waals surface area contributed by atoms with E-state index < -0.39 is 11.9 Å². The average Bonchev–Trinajstić information content (AvgIpc) is 2.82. The van der Waals surface area contributed by atoms with Crippen molar-refractivity contribution in [2.75, 3.05) is 13.1 Å². The molecule has 0 saturated heterocycles. The number of hydrogen-bond acceptors (Lipinski definition) is 4. The van der Waals surface area contributed by atoms with Crippen molar-refractivity contribution in [2.24, 2.45) is 0 Å². The van der Waals surface area contributed by atoms with E-state index in [1.807, 2.05) is 0 Å². The summed E-state index contributed by atoms with van der Waals surface area (Å²) in [5.74, 6) is -1.80. The van der Waals surface area contributed by atoms with Crippen LogP contribution in [0.5, 0.6) is 0 Å². The summed E-state index contributed by atoms with van der Waals surface area (Å²) >= 11 is 0. The fraction of sp³-hybridized carbons (Fsp3) is 0.571.